The van der Waals surface area contributed by atoms with Crippen molar-refractivity contribution < 1.29 is 9.84 Å². The van der Waals surface area contributed by atoms with Crippen LogP contribution in [0.25, 0.3) is 0 Å². The highest BCUT2D eigenvalue weighted by molar-refractivity contribution is 5.43. The number of aryl methyl sites for hydroxylation is 2. The van der Waals surface area contributed by atoms with E-state index in [4.69, 9.17) is 10.5 Å². The van der Waals surface area contributed by atoms with E-state index >= 15 is 0 Å². The molecule has 1 aromatic carbocycles. The molecule has 0 bridgehead atoms. The van der Waals surface area contributed by atoms with Gasteiger partial charge in [0.05, 0.1) is 12.7 Å². The van der Waals surface area contributed by atoms with Crippen LogP contribution in [0.3, 0.4) is 0 Å². The minimum absolute atomic E-state index is 0.224. The second kappa shape index (κ2) is 5.72. The molecule has 3 nitrogen and oxygen atoms in total. The van der Waals surface area contributed by atoms with Gasteiger partial charge in [0.1, 0.15) is 5.75 Å². The monoisotopic (exact) mass is 249 g/mol. The van der Waals surface area contributed by atoms with E-state index in [1.165, 1.54) is 24.8 Å². The van der Waals surface area contributed by atoms with E-state index in [-0.39, 0.29) is 6.54 Å². The van der Waals surface area contributed by atoms with Crippen molar-refractivity contribution in [3.63, 3.8) is 0 Å². The summed E-state index contributed by atoms with van der Waals surface area (Å²) in [6.45, 7) is 5.08. The summed E-state index contributed by atoms with van der Waals surface area (Å²) in [6, 6.07) is 4.01. The molecule has 0 aromatic heterocycles. The lowest BCUT2D eigenvalue weighted by atomic mass is 9.86. The second-order valence-electron chi connectivity index (χ2n) is 5.33. The van der Waals surface area contributed by atoms with E-state index in [1.54, 1.807) is 0 Å². The molecule has 1 aliphatic carbocycles. The SMILES string of the molecule is Cc1cc(OCC2CCC2)c(C(O)CN)cc1C. The maximum absolute atomic E-state index is 9.96. The molecule has 1 fully saturated rings. The molecule has 1 aromatic rings. The molecule has 1 unspecified atom stereocenters. The normalized spacial score (nSPS) is 17.3. The smallest absolute Gasteiger partial charge is 0.125 e. The molecular weight excluding hydrogens is 226 g/mol. The van der Waals surface area contributed by atoms with Gasteiger partial charge < -0.3 is 15.6 Å². The van der Waals surface area contributed by atoms with Gasteiger partial charge in [-0.2, -0.15) is 0 Å². The average Bonchev–Trinajstić information content (AvgIpc) is 2.30. The lowest BCUT2D eigenvalue weighted by Crippen LogP contribution is -2.20. The van der Waals surface area contributed by atoms with Crippen LogP contribution in [-0.4, -0.2) is 18.3 Å². The largest absolute Gasteiger partial charge is 0.493 e. The highest BCUT2D eigenvalue weighted by Crippen LogP contribution is 2.31. The van der Waals surface area contributed by atoms with Crippen LogP contribution < -0.4 is 10.5 Å². The third-order valence-electron chi connectivity index (χ3n) is 3.91. The van der Waals surface area contributed by atoms with Gasteiger partial charge in [0.25, 0.3) is 0 Å². The fourth-order valence-electron chi connectivity index (χ4n) is 2.19. The molecule has 0 saturated heterocycles. The Kier molecular flexibility index (Phi) is 4.25. The van der Waals surface area contributed by atoms with Crippen molar-refractivity contribution in [1.29, 1.82) is 0 Å². The zero-order chi connectivity index (χ0) is 13.1. The average molecular weight is 249 g/mol. The molecule has 0 aliphatic heterocycles. The number of aliphatic hydroxyl groups is 1. The van der Waals surface area contributed by atoms with Gasteiger partial charge in [0.2, 0.25) is 0 Å². The molecule has 1 saturated carbocycles. The van der Waals surface area contributed by atoms with Crippen LogP contribution >= 0.6 is 0 Å². The maximum Gasteiger partial charge on any atom is 0.125 e. The third kappa shape index (κ3) is 2.85. The van der Waals surface area contributed by atoms with Crippen molar-refractivity contribution in [2.24, 2.45) is 11.7 Å². The highest BCUT2D eigenvalue weighted by atomic mass is 16.5. The molecule has 2 rings (SSSR count). The summed E-state index contributed by atoms with van der Waals surface area (Å²) in [5.41, 5.74) is 8.72. The first kappa shape index (κ1) is 13.4. The Morgan fingerprint density at radius 3 is 2.56 bits per heavy atom. The number of nitrogens with two attached hydrogens (primary N) is 1. The van der Waals surface area contributed by atoms with Crippen LogP contribution in [0, 0.1) is 19.8 Å². The topological polar surface area (TPSA) is 55.5 Å². The molecule has 0 heterocycles. The van der Waals surface area contributed by atoms with Crippen LogP contribution in [0.5, 0.6) is 5.75 Å². The van der Waals surface area contributed by atoms with Crippen molar-refractivity contribution in [2.45, 2.75) is 39.2 Å². The molecular formula is C15H23NO2. The van der Waals surface area contributed by atoms with E-state index in [0.29, 0.717) is 5.92 Å². The van der Waals surface area contributed by atoms with Crippen molar-refractivity contribution >= 4 is 0 Å². The van der Waals surface area contributed by atoms with Gasteiger partial charge in [-0.3, -0.25) is 0 Å². The lowest BCUT2D eigenvalue weighted by Gasteiger charge is -2.26. The third-order valence-corrected chi connectivity index (χ3v) is 3.91. The van der Waals surface area contributed by atoms with Crippen molar-refractivity contribution in [3.8, 4) is 5.75 Å². The van der Waals surface area contributed by atoms with E-state index in [0.717, 1.165) is 23.5 Å². The van der Waals surface area contributed by atoms with E-state index in [1.807, 2.05) is 19.1 Å². The van der Waals surface area contributed by atoms with Gasteiger partial charge in [0, 0.05) is 12.1 Å². The Morgan fingerprint density at radius 1 is 1.33 bits per heavy atom. The Labute approximate surface area is 109 Å². The molecule has 3 heteroatoms. The van der Waals surface area contributed by atoms with Gasteiger partial charge in [0.15, 0.2) is 0 Å². The Balaban J connectivity index is 2.16. The molecule has 1 aliphatic rings. The van der Waals surface area contributed by atoms with Gasteiger partial charge in [-0.05, 0) is 55.9 Å². The predicted molar refractivity (Wildman–Crippen MR) is 72.8 cm³/mol. The molecule has 0 amide bonds. The minimum Gasteiger partial charge on any atom is -0.493 e. The van der Waals surface area contributed by atoms with Crippen LogP contribution in [0.1, 0.15) is 42.1 Å². The van der Waals surface area contributed by atoms with E-state index in [9.17, 15) is 5.11 Å². The number of hydrogen-bond acceptors (Lipinski definition) is 3. The Morgan fingerprint density at radius 2 is 2.00 bits per heavy atom. The Hall–Kier alpha value is -1.06. The first-order valence-electron chi connectivity index (χ1n) is 6.74. The van der Waals surface area contributed by atoms with Crippen LogP contribution in [0.15, 0.2) is 12.1 Å². The number of ether oxygens (including phenoxy) is 1. The standard InChI is InChI=1S/C15H23NO2/c1-10-6-13(14(17)8-16)15(7-11(10)2)18-9-12-4-3-5-12/h6-7,12,14,17H,3-5,8-9,16H2,1-2H3. The number of hydrogen-bond donors (Lipinski definition) is 2. The van der Waals surface area contributed by atoms with Crippen molar-refractivity contribution in [2.75, 3.05) is 13.2 Å². The summed E-state index contributed by atoms with van der Waals surface area (Å²) in [6.07, 6.45) is 3.21. The zero-order valence-corrected chi connectivity index (χ0v) is 11.3. The van der Waals surface area contributed by atoms with Crippen LogP contribution in [-0.2, 0) is 0 Å². The van der Waals surface area contributed by atoms with Gasteiger partial charge in [-0.1, -0.05) is 6.42 Å². The van der Waals surface area contributed by atoms with Crippen LogP contribution in [0.2, 0.25) is 0 Å². The van der Waals surface area contributed by atoms with Gasteiger partial charge in [-0.15, -0.1) is 0 Å². The highest BCUT2D eigenvalue weighted by Gasteiger charge is 2.20. The summed E-state index contributed by atoms with van der Waals surface area (Å²) in [5, 5.41) is 9.96. The van der Waals surface area contributed by atoms with Crippen molar-refractivity contribution in [3.05, 3.63) is 28.8 Å². The molecule has 18 heavy (non-hydrogen) atoms. The van der Waals surface area contributed by atoms with Crippen LogP contribution in [0.4, 0.5) is 0 Å². The fraction of sp³-hybridized carbons (Fsp3) is 0.600. The van der Waals surface area contributed by atoms with E-state index in [2.05, 4.69) is 6.92 Å². The first-order chi connectivity index (χ1) is 8.61. The Bertz CT molecular complexity index is 413. The zero-order valence-electron chi connectivity index (χ0n) is 11.3. The molecule has 1 atom stereocenters. The summed E-state index contributed by atoms with van der Waals surface area (Å²) in [5.74, 6) is 1.48. The summed E-state index contributed by atoms with van der Waals surface area (Å²) in [4.78, 5) is 0. The van der Waals surface area contributed by atoms with Gasteiger partial charge in [-0.25, -0.2) is 0 Å². The molecule has 100 valence electrons. The summed E-state index contributed by atoms with van der Waals surface area (Å²) >= 11 is 0. The quantitative estimate of drug-likeness (QED) is 0.843. The summed E-state index contributed by atoms with van der Waals surface area (Å²) < 4.78 is 5.88. The maximum atomic E-state index is 9.96. The predicted octanol–water partition coefficient (Wildman–Crippen LogP) is 2.47. The summed E-state index contributed by atoms with van der Waals surface area (Å²) in [7, 11) is 0. The van der Waals surface area contributed by atoms with Gasteiger partial charge >= 0.3 is 0 Å². The second-order valence-corrected chi connectivity index (χ2v) is 5.33. The lowest BCUT2D eigenvalue weighted by molar-refractivity contribution is 0.159. The molecule has 0 radical (unpaired) electrons. The molecule has 3 N–H and O–H groups in total. The minimum atomic E-state index is -0.638. The van der Waals surface area contributed by atoms with E-state index < -0.39 is 6.10 Å². The fourth-order valence-corrected chi connectivity index (χ4v) is 2.19. The number of rotatable bonds is 5. The number of benzene rings is 1. The first-order valence-corrected chi connectivity index (χ1v) is 6.74. The van der Waals surface area contributed by atoms with Crippen molar-refractivity contribution in [1.82, 2.24) is 0 Å². The molecule has 0 spiro atoms. The number of aliphatic hydroxyl groups excluding tert-OH is 1.